The van der Waals surface area contributed by atoms with Crippen molar-refractivity contribution >= 4 is 5.91 Å². The van der Waals surface area contributed by atoms with E-state index in [9.17, 15) is 4.79 Å². The molecule has 1 N–H and O–H groups in total. The normalized spacial score (nSPS) is 10.5. The first-order valence-corrected chi connectivity index (χ1v) is 8.96. The van der Waals surface area contributed by atoms with Crippen molar-refractivity contribution in [3.63, 3.8) is 0 Å². The van der Waals surface area contributed by atoms with Gasteiger partial charge < -0.3 is 19.3 Å². The van der Waals surface area contributed by atoms with Crippen LogP contribution in [0.15, 0.2) is 47.0 Å². The second-order valence-corrected chi connectivity index (χ2v) is 6.34. The van der Waals surface area contributed by atoms with Crippen molar-refractivity contribution < 1.29 is 18.8 Å². The smallest absolute Gasteiger partial charge is 0.227 e. The van der Waals surface area contributed by atoms with E-state index in [4.69, 9.17) is 14.0 Å². The third-order valence-electron chi connectivity index (χ3n) is 4.29. The molecule has 7 heteroatoms. The molecule has 1 aromatic heterocycles. The fourth-order valence-corrected chi connectivity index (χ4v) is 2.66. The SMILES string of the molecule is COc1ccc(-c2noc(CCC(=O)NCc3ccc(C)cc3)n2)cc1OC. The van der Waals surface area contributed by atoms with Gasteiger partial charge in [-0.25, -0.2) is 0 Å². The van der Waals surface area contributed by atoms with Crippen LogP contribution >= 0.6 is 0 Å². The Morgan fingerprint density at radius 2 is 1.82 bits per heavy atom. The molecule has 0 bridgehead atoms. The van der Waals surface area contributed by atoms with E-state index in [1.807, 2.05) is 37.3 Å². The molecule has 0 fully saturated rings. The van der Waals surface area contributed by atoms with Gasteiger partial charge in [0.2, 0.25) is 17.6 Å². The van der Waals surface area contributed by atoms with Crippen LogP contribution in [0.3, 0.4) is 0 Å². The van der Waals surface area contributed by atoms with E-state index in [1.165, 1.54) is 5.56 Å². The van der Waals surface area contributed by atoms with Crippen LogP contribution in [-0.4, -0.2) is 30.3 Å². The molecule has 0 unspecified atom stereocenters. The highest BCUT2D eigenvalue weighted by Gasteiger charge is 2.13. The number of benzene rings is 2. The van der Waals surface area contributed by atoms with Gasteiger partial charge in [0.1, 0.15) is 0 Å². The highest BCUT2D eigenvalue weighted by Crippen LogP contribution is 2.31. The number of carbonyl (C=O) groups excluding carboxylic acids is 1. The zero-order chi connectivity index (χ0) is 19.9. The summed E-state index contributed by atoms with van der Waals surface area (Å²) in [6, 6.07) is 13.4. The third-order valence-corrected chi connectivity index (χ3v) is 4.29. The molecule has 0 saturated carbocycles. The molecule has 146 valence electrons. The molecule has 1 amide bonds. The Kier molecular flexibility index (Phi) is 6.26. The molecule has 0 aliphatic heterocycles. The number of amides is 1. The van der Waals surface area contributed by atoms with Gasteiger partial charge in [0.15, 0.2) is 11.5 Å². The predicted octanol–water partition coefficient (Wildman–Crippen LogP) is 3.31. The summed E-state index contributed by atoms with van der Waals surface area (Å²) in [4.78, 5) is 16.4. The molecule has 7 nitrogen and oxygen atoms in total. The summed E-state index contributed by atoms with van der Waals surface area (Å²) in [6.45, 7) is 2.53. The number of aromatic nitrogens is 2. The van der Waals surface area contributed by atoms with E-state index < -0.39 is 0 Å². The lowest BCUT2D eigenvalue weighted by atomic mass is 10.1. The van der Waals surface area contributed by atoms with Gasteiger partial charge in [-0.2, -0.15) is 4.98 Å². The number of methoxy groups -OCH3 is 2. The molecule has 0 saturated heterocycles. The Hall–Kier alpha value is -3.35. The van der Waals surface area contributed by atoms with Crippen molar-refractivity contribution in [1.82, 2.24) is 15.5 Å². The van der Waals surface area contributed by atoms with E-state index in [0.717, 1.165) is 11.1 Å². The maximum Gasteiger partial charge on any atom is 0.227 e. The number of hydrogen-bond donors (Lipinski definition) is 1. The lowest BCUT2D eigenvalue weighted by Crippen LogP contribution is -2.23. The van der Waals surface area contributed by atoms with Crippen LogP contribution in [0.25, 0.3) is 11.4 Å². The van der Waals surface area contributed by atoms with E-state index in [0.29, 0.717) is 36.2 Å². The second kappa shape index (κ2) is 9.03. The van der Waals surface area contributed by atoms with Crippen molar-refractivity contribution in [3.05, 3.63) is 59.5 Å². The predicted molar refractivity (Wildman–Crippen MR) is 104 cm³/mol. The maximum absolute atomic E-state index is 12.1. The molecule has 0 spiro atoms. The average Bonchev–Trinajstić information content (AvgIpc) is 3.20. The molecule has 3 rings (SSSR count). The third kappa shape index (κ3) is 4.88. The van der Waals surface area contributed by atoms with E-state index in [1.54, 1.807) is 26.4 Å². The topological polar surface area (TPSA) is 86.5 Å². The number of aryl methyl sites for hydroxylation is 2. The fourth-order valence-electron chi connectivity index (χ4n) is 2.66. The summed E-state index contributed by atoms with van der Waals surface area (Å²) in [7, 11) is 3.15. The molecular weight excluding hydrogens is 358 g/mol. The lowest BCUT2D eigenvalue weighted by Gasteiger charge is -2.07. The number of carbonyl (C=O) groups is 1. The number of hydrogen-bond acceptors (Lipinski definition) is 6. The Balaban J connectivity index is 1.54. The van der Waals surface area contributed by atoms with Crippen molar-refractivity contribution in [2.24, 2.45) is 0 Å². The highest BCUT2D eigenvalue weighted by molar-refractivity contribution is 5.76. The van der Waals surface area contributed by atoms with Crippen LogP contribution < -0.4 is 14.8 Å². The van der Waals surface area contributed by atoms with Crippen molar-refractivity contribution in [2.45, 2.75) is 26.3 Å². The monoisotopic (exact) mass is 381 g/mol. The largest absolute Gasteiger partial charge is 0.493 e. The van der Waals surface area contributed by atoms with Crippen molar-refractivity contribution in [3.8, 4) is 22.9 Å². The summed E-state index contributed by atoms with van der Waals surface area (Å²) in [5.74, 6) is 2.00. The average molecular weight is 381 g/mol. The molecule has 3 aromatic rings. The maximum atomic E-state index is 12.1. The molecule has 0 atom stereocenters. The number of ether oxygens (including phenoxy) is 2. The van der Waals surface area contributed by atoms with Crippen LogP contribution in [0.2, 0.25) is 0 Å². The van der Waals surface area contributed by atoms with E-state index in [2.05, 4.69) is 15.5 Å². The zero-order valence-electron chi connectivity index (χ0n) is 16.2. The first kappa shape index (κ1) is 19.4. The van der Waals surface area contributed by atoms with Crippen LogP contribution in [0, 0.1) is 6.92 Å². The number of nitrogens with zero attached hydrogens (tertiary/aromatic N) is 2. The Morgan fingerprint density at radius 1 is 1.07 bits per heavy atom. The molecule has 28 heavy (non-hydrogen) atoms. The van der Waals surface area contributed by atoms with Gasteiger partial charge >= 0.3 is 0 Å². The number of nitrogens with one attached hydrogen (secondary N) is 1. The minimum Gasteiger partial charge on any atom is -0.493 e. The first-order chi connectivity index (χ1) is 13.6. The quantitative estimate of drug-likeness (QED) is 0.644. The fraction of sp³-hybridized carbons (Fsp3) is 0.286. The van der Waals surface area contributed by atoms with Crippen molar-refractivity contribution in [1.29, 1.82) is 0 Å². The van der Waals surface area contributed by atoms with Crippen LogP contribution in [0.4, 0.5) is 0 Å². The minimum atomic E-state index is -0.0635. The minimum absolute atomic E-state index is 0.0635. The van der Waals surface area contributed by atoms with Gasteiger partial charge in [0.05, 0.1) is 14.2 Å². The summed E-state index contributed by atoms with van der Waals surface area (Å²) in [5, 5.41) is 6.88. The van der Waals surface area contributed by atoms with Gasteiger partial charge in [-0.05, 0) is 30.7 Å². The summed E-state index contributed by atoms with van der Waals surface area (Å²) in [6.07, 6.45) is 0.652. The highest BCUT2D eigenvalue weighted by atomic mass is 16.5. The Bertz CT molecular complexity index is 935. The van der Waals surface area contributed by atoms with E-state index >= 15 is 0 Å². The molecule has 0 aliphatic carbocycles. The zero-order valence-corrected chi connectivity index (χ0v) is 16.2. The van der Waals surface area contributed by atoms with Gasteiger partial charge in [0, 0.05) is 24.9 Å². The Morgan fingerprint density at radius 3 is 2.54 bits per heavy atom. The number of rotatable bonds is 8. The molecular formula is C21H23N3O4. The van der Waals surface area contributed by atoms with Gasteiger partial charge in [0.25, 0.3) is 0 Å². The van der Waals surface area contributed by atoms with Crippen LogP contribution in [0.5, 0.6) is 11.5 Å². The standard InChI is InChI=1S/C21H23N3O4/c1-14-4-6-15(7-5-14)13-22-19(25)10-11-20-23-21(24-28-20)16-8-9-17(26-2)18(12-16)27-3/h4-9,12H,10-11,13H2,1-3H3,(H,22,25). The second-order valence-electron chi connectivity index (χ2n) is 6.34. The van der Waals surface area contributed by atoms with E-state index in [-0.39, 0.29) is 12.3 Å². The molecule has 2 aromatic carbocycles. The first-order valence-electron chi connectivity index (χ1n) is 8.96. The van der Waals surface area contributed by atoms with Crippen LogP contribution in [0.1, 0.15) is 23.4 Å². The van der Waals surface area contributed by atoms with Crippen molar-refractivity contribution in [2.75, 3.05) is 14.2 Å². The Labute approximate surface area is 163 Å². The molecule has 0 aliphatic rings. The van der Waals surface area contributed by atoms with Gasteiger partial charge in [-0.3, -0.25) is 4.79 Å². The van der Waals surface area contributed by atoms with Gasteiger partial charge in [-0.15, -0.1) is 0 Å². The lowest BCUT2D eigenvalue weighted by molar-refractivity contribution is -0.121. The molecule has 1 heterocycles. The van der Waals surface area contributed by atoms with Crippen LogP contribution in [-0.2, 0) is 17.8 Å². The molecule has 0 radical (unpaired) electrons. The summed E-state index contributed by atoms with van der Waals surface area (Å²) < 4.78 is 15.8. The van der Waals surface area contributed by atoms with Gasteiger partial charge in [-0.1, -0.05) is 35.0 Å². The summed E-state index contributed by atoms with van der Waals surface area (Å²) in [5.41, 5.74) is 3.00. The summed E-state index contributed by atoms with van der Waals surface area (Å²) >= 11 is 0.